The first kappa shape index (κ1) is 21.3. The number of para-hydroxylation sites is 1. The van der Waals surface area contributed by atoms with E-state index >= 15 is 0 Å². The SMILES string of the molecule is Cc1cccc(-n2c(SCC(=O)Nc3ccc(Cl)cc3)nc3c(oc4ccccc43)c2=O)c1. The second-order valence-corrected chi connectivity index (χ2v) is 8.87. The van der Waals surface area contributed by atoms with Gasteiger partial charge in [-0.05, 0) is 61.0 Å². The molecule has 0 saturated heterocycles. The molecule has 6 nitrogen and oxygen atoms in total. The van der Waals surface area contributed by atoms with E-state index in [2.05, 4.69) is 5.32 Å². The maximum absolute atomic E-state index is 13.5. The van der Waals surface area contributed by atoms with Gasteiger partial charge in [0.15, 0.2) is 5.16 Å². The van der Waals surface area contributed by atoms with Crippen LogP contribution in [0.25, 0.3) is 27.8 Å². The van der Waals surface area contributed by atoms with Gasteiger partial charge < -0.3 is 9.73 Å². The Morgan fingerprint density at radius 1 is 1.09 bits per heavy atom. The summed E-state index contributed by atoms with van der Waals surface area (Å²) < 4.78 is 7.35. The molecular formula is C25H18ClN3O3S. The number of benzene rings is 3. The minimum Gasteiger partial charge on any atom is -0.448 e. The second-order valence-electron chi connectivity index (χ2n) is 7.49. The van der Waals surface area contributed by atoms with Gasteiger partial charge in [0.1, 0.15) is 11.1 Å². The molecule has 2 aromatic heterocycles. The maximum Gasteiger partial charge on any atom is 0.302 e. The molecule has 0 aliphatic heterocycles. The molecule has 8 heteroatoms. The lowest BCUT2D eigenvalue weighted by molar-refractivity contribution is -0.113. The van der Waals surface area contributed by atoms with Gasteiger partial charge in [-0.3, -0.25) is 14.2 Å². The molecule has 0 aliphatic carbocycles. The van der Waals surface area contributed by atoms with Gasteiger partial charge in [0.25, 0.3) is 0 Å². The number of furan rings is 1. The van der Waals surface area contributed by atoms with Crippen LogP contribution in [0.1, 0.15) is 5.56 Å². The zero-order valence-corrected chi connectivity index (χ0v) is 19.1. The van der Waals surface area contributed by atoms with Gasteiger partial charge in [-0.2, -0.15) is 0 Å². The molecule has 0 fully saturated rings. The number of aromatic nitrogens is 2. The van der Waals surface area contributed by atoms with Crippen LogP contribution in [0, 0.1) is 6.92 Å². The highest BCUT2D eigenvalue weighted by Gasteiger charge is 2.19. The zero-order valence-electron chi connectivity index (χ0n) is 17.5. The van der Waals surface area contributed by atoms with Crippen molar-refractivity contribution < 1.29 is 9.21 Å². The Morgan fingerprint density at radius 3 is 2.67 bits per heavy atom. The largest absolute Gasteiger partial charge is 0.448 e. The quantitative estimate of drug-likeness (QED) is 0.256. The van der Waals surface area contributed by atoms with E-state index in [0.717, 1.165) is 10.9 Å². The van der Waals surface area contributed by atoms with E-state index in [0.29, 0.717) is 32.7 Å². The van der Waals surface area contributed by atoms with Crippen molar-refractivity contribution in [2.24, 2.45) is 0 Å². The minimum atomic E-state index is -0.317. The van der Waals surface area contributed by atoms with E-state index in [-0.39, 0.29) is 22.8 Å². The van der Waals surface area contributed by atoms with E-state index in [1.807, 2.05) is 49.4 Å². The lowest BCUT2D eigenvalue weighted by Crippen LogP contribution is -2.22. The van der Waals surface area contributed by atoms with Crippen molar-refractivity contribution in [1.82, 2.24) is 9.55 Å². The Hall–Kier alpha value is -3.55. The van der Waals surface area contributed by atoms with Crippen molar-refractivity contribution in [2.75, 3.05) is 11.1 Å². The number of anilines is 1. The van der Waals surface area contributed by atoms with Gasteiger partial charge in [0, 0.05) is 16.1 Å². The maximum atomic E-state index is 13.5. The number of fused-ring (bicyclic) bond motifs is 3. The van der Waals surface area contributed by atoms with Crippen molar-refractivity contribution >= 4 is 57.0 Å². The van der Waals surface area contributed by atoms with Crippen LogP contribution in [0.5, 0.6) is 0 Å². The second kappa shape index (κ2) is 8.77. The van der Waals surface area contributed by atoms with Crippen LogP contribution in [0.15, 0.2) is 87.2 Å². The average Bonchev–Trinajstić information content (AvgIpc) is 3.18. The molecular weight excluding hydrogens is 458 g/mol. The molecule has 5 rings (SSSR count). The molecule has 5 aromatic rings. The molecule has 1 N–H and O–H groups in total. The van der Waals surface area contributed by atoms with Crippen LogP contribution in [0.2, 0.25) is 5.02 Å². The summed E-state index contributed by atoms with van der Waals surface area (Å²) in [6, 6.07) is 21.8. The molecule has 0 radical (unpaired) electrons. The molecule has 3 aromatic carbocycles. The van der Waals surface area contributed by atoms with Crippen LogP contribution in [0.4, 0.5) is 5.69 Å². The predicted octanol–water partition coefficient (Wildman–Crippen LogP) is 5.82. The molecule has 2 heterocycles. The molecule has 33 heavy (non-hydrogen) atoms. The van der Waals surface area contributed by atoms with Gasteiger partial charge >= 0.3 is 5.56 Å². The number of carbonyl (C=O) groups excluding carboxylic acids is 1. The summed E-state index contributed by atoms with van der Waals surface area (Å²) in [5.74, 6) is -0.146. The van der Waals surface area contributed by atoms with Crippen molar-refractivity contribution in [3.8, 4) is 5.69 Å². The van der Waals surface area contributed by atoms with Gasteiger partial charge in [-0.1, -0.05) is 47.6 Å². The number of nitrogens with zero attached hydrogens (tertiary/aromatic N) is 2. The number of hydrogen-bond acceptors (Lipinski definition) is 5. The summed E-state index contributed by atoms with van der Waals surface area (Å²) in [5, 5.41) is 4.59. The van der Waals surface area contributed by atoms with Gasteiger partial charge in [0.2, 0.25) is 11.5 Å². The third kappa shape index (κ3) is 4.25. The summed E-state index contributed by atoms with van der Waals surface area (Å²) in [6.45, 7) is 1.95. The van der Waals surface area contributed by atoms with E-state index in [1.54, 1.807) is 30.3 Å². The normalized spacial score (nSPS) is 11.2. The monoisotopic (exact) mass is 475 g/mol. The lowest BCUT2D eigenvalue weighted by atomic mass is 10.2. The van der Waals surface area contributed by atoms with Crippen LogP contribution >= 0.6 is 23.4 Å². The lowest BCUT2D eigenvalue weighted by Gasteiger charge is -2.12. The van der Waals surface area contributed by atoms with E-state index in [1.165, 1.54) is 16.3 Å². The van der Waals surface area contributed by atoms with E-state index < -0.39 is 0 Å². The summed E-state index contributed by atoms with van der Waals surface area (Å²) >= 11 is 7.10. The molecule has 0 unspecified atom stereocenters. The number of halogens is 1. The van der Waals surface area contributed by atoms with Crippen molar-refractivity contribution in [1.29, 1.82) is 0 Å². The highest BCUT2D eigenvalue weighted by molar-refractivity contribution is 7.99. The first-order valence-corrected chi connectivity index (χ1v) is 11.6. The summed E-state index contributed by atoms with van der Waals surface area (Å²) in [5.41, 5.74) is 3.26. The fourth-order valence-electron chi connectivity index (χ4n) is 3.57. The Balaban J connectivity index is 1.56. The van der Waals surface area contributed by atoms with Crippen LogP contribution < -0.4 is 10.9 Å². The van der Waals surface area contributed by atoms with Crippen molar-refractivity contribution in [3.63, 3.8) is 0 Å². The van der Waals surface area contributed by atoms with Crippen molar-refractivity contribution in [3.05, 3.63) is 93.7 Å². The molecule has 0 saturated carbocycles. The Labute approximate surface area is 198 Å². The van der Waals surface area contributed by atoms with Gasteiger partial charge in [-0.15, -0.1) is 0 Å². The predicted molar refractivity (Wildman–Crippen MR) is 133 cm³/mol. The smallest absolute Gasteiger partial charge is 0.302 e. The molecule has 0 bridgehead atoms. The first-order valence-electron chi connectivity index (χ1n) is 10.2. The fourth-order valence-corrected chi connectivity index (χ4v) is 4.51. The highest BCUT2D eigenvalue weighted by atomic mass is 35.5. The molecule has 1 amide bonds. The molecule has 164 valence electrons. The third-order valence-corrected chi connectivity index (χ3v) is 6.28. The number of aryl methyl sites for hydroxylation is 1. The Morgan fingerprint density at radius 2 is 1.88 bits per heavy atom. The fraction of sp³-hybridized carbons (Fsp3) is 0.0800. The van der Waals surface area contributed by atoms with Crippen LogP contribution in [0.3, 0.4) is 0 Å². The molecule has 0 spiro atoms. The van der Waals surface area contributed by atoms with Crippen molar-refractivity contribution in [2.45, 2.75) is 12.1 Å². The Kier molecular flexibility index (Phi) is 5.66. The number of thioether (sulfide) groups is 1. The molecule has 0 aliphatic rings. The number of amides is 1. The summed E-state index contributed by atoms with van der Waals surface area (Å²) in [4.78, 5) is 30.8. The number of nitrogens with one attached hydrogen (secondary N) is 1. The Bertz CT molecular complexity index is 1560. The number of carbonyl (C=O) groups is 1. The van der Waals surface area contributed by atoms with Gasteiger partial charge in [-0.25, -0.2) is 4.98 Å². The van der Waals surface area contributed by atoms with E-state index in [9.17, 15) is 9.59 Å². The average molecular weight is 476 g/mol. The number of rotatable bonds is 5. The zero-order chi connectivity index (χ0) is 22.9. The van der Waals surface area contributed by atoms with Crippen LogP contribution in [-0.2, 0) is 4.79 Å². The minimum absolute atomic E-state index is 0.0716. The summed E-state index contributed by atoms with van der Waals surface area (Å²) in [6.07, 6.45) is 0. The summed E-state index contributed by atoms with van der Waals surface area (Å²) in [7, 11) is 0. The topological polar surface area (TPSA) is 77.1 Å². The van der Waals surface area contributed by atoms with E-state index in [4.69, 9.17) is 21.0 Å². The molecule has 0 atom stereocenters. The van der Waals surface area contributed by atoms with Gasteiger partial charge in [0.05, 0.1) is 11.4 Å². The number of hydrogen-bond donors (Lipinski definition) is 1. The highest BCUT2D eigenvalue weighted by Crippen LogP contribution is 2.28. The third-order valence-electron chi connectivity index (χ3n) is 5.09. The first-order chi connectivity index (χ1) is 16.0. The van der Waals surface area contributed by atoms with Crippen LogP contribution in [-0.4, -0.2) is 21.2 Å². The standard InChI is InChI=1S/C25H18ClN3O3S/c1-15-5-4-6-18(13-15)29-24(31)23-22(19-7-2-3-8-20(19)32-23)28-25(29)33-14-21(30)27-17-11-9-16(26)10-12-17/h2-13H,14H2,1H3,(H,27,30).